The van der Waals surface area contributed by atoms with E-state index in [1.165, 1.54) is 11.3 Å². The summed E-state index contributed by atoms with van der Waals surface area (Å²) in [5.74, 6) is 1.85. The number of allylic oxidation sites excluding steroid dienone is 2. The molecule has 1 atom stereocenters. The maximum absolute atomic E-state index is 12.1. The Kier molecular flexibility index (Phi) is 3.46. The molecule has 4 rings (SSSR count). The van der Waals surface area contributed by atoms with Gasteiger partial charge in [0.15, 0.2) is 16.6 Å². The van der Waals surface area contributed by atoms with Gasteiger partial charge in [-0.1, -0.05) is 23.5 Å². The van der Waals surface area contributed by atoms with Crippen LogP contribution in [-0.2, 0) is 4.79 Å². The van der Waals surface area contributed by atoms with E-state index in [1.54, 1.807) is 0 Å². The highest BCUT2D eigenvalue weighted by Gasteiger charge is 2.17. The van der Waals surface area contributed by atoms with Crippen LogP contribution in [0.25, 0.3) is 10.2 Å². The van der Waals surface area contributed by atoms with Crippen LogP contribution in [0.3, 0.4) is 0 Å². The van der Waals surface area contributed by atoms with Crippen molar-refractivity contribution in [2.24, 2.45) is 5.92 Å². The van der Waals surface area contributed by atoms with Gasteiger partial charge in [-0.15, -0.1) is 0 Å². The molecule has 2 aromatic rings. The second kappa shape index (κ2) is 5.61. The molecule has 1 aromatic heterocycles. The zero-order chi connectivity index (χ0) is 14.9. The van der Waals surface area contributed by atoms with E-state index in [4.69, 9.17) is 9.47 Å². The molecule has 0 saturated carbocycles. The Balaban J connectivity index is 1.52. The molecule has 22 heavy (non-hydrogen) atoms. The maximum Gasteiger partial charge on any atom is 0.226 e. The first-order chi connectivity index (χ1) is 10.8. The summed E-state index contributed by atoms with van der Waals surface area (Å²) in [6, 6.07) is 3.80. The summed E-state index contributed by atoms with van der Waals surface area (Å²) < 4.78 is 12.1. The third kappa shape index (κ3) is 2.66. The fourth-order valence-electron chi connectivity index (χ4n) is 2.79. The molecule has 0 unspecified atom stereocenters. The fourth-order valence-corrected chi connectivity index (χ4v) is 3.68. The van der Waals surface area contributed by atoms with E-state index in [-0.39, 0.29) is 5.91 Å². The number of hydrogen-bond acceptors (Lipinski definition) is 5. The van der Waals surface area contributed by atoms with Gasteiger partial charge in [-0.25, -0.2) is 4.98 Å². The molecule has 114 valence electrons. The molecule has 1 amide bonds. The average Bonchev–Trinajstić information content (AvgIpc) is 3.13. The van der Waals surface area contributed by atoms with Crippen molar-refractivity contribution in [3.05, 3.63) is 24.3 Å². The highest BCUT2D eigenvalue weighted by Crippen LogP contribution is 2.37. The van der Waals surface area contributed by atoms with E-state index in [1.807, 2.05) is 12.1 Å². The topological polar surface area (TPSA) is 60.5 Å². The Labute approximate surface area is 131 Å². The van der Waals surface area contributed by atoms with Gasteiger partial charge in [-0.3, -0.25) is 4.79 Å². The molecule has 5 nitrogen and oxygen atoms in total. The predicted molar refractivity (Wildman–Crippen MR) is 85.7 cm³/mol. The smallest absolute Gasteiger partial charge is 0.226 e. The van der Waals surface area contributed by atoms with E-state index in [2.05, 4.69) is 22.5 Å². The van der Waals surface area contributed by atoms with Gasteiger partial charge >= 0.3 is 0 Å². The highest BCUT2D eigenvalue weighted by atomic mass is 32.1. The van der Waals surface area contributed by atoms with E-state index < -0.39 is 0 Å². The van der Waals surface area contributed by atoms with Crippen molar-refractivity contribution in [3.63, 3.8) is 0 Å². The minimum Gasteiger partial charge on any atom is -0.486 e. The lowest BCUT2D eigenvalue weighted by Gasteiger charge is -2.17. The summed E-state index contributed by atoms with van der Waals surface area (Å²) in [7, 11) is 0. The van der Waals surface area contributed by atoms with Crippen LogP contribution in [0.4, 0.5) is 5.13 Å². The molecule has 6 heteroatoms. The molecule has 2 heterocycles. The van der Waals surface area contributed by atoms with Crippen molar-refractivity contribution in [1.82, 2.24) is 4.98 Å². The summed E-state index contributed by atoms with van der Waals surface area (Å²) >= 11 is 1.46. The molecule has 0 fully saturated rings. The predicted octanol–water partition coefficient (Wildman–Crippen LogP) is 3.36. The highest BCUT2D eigenvalue weighted by molar-refractivity contribution is 7.22. The standard InChI is InChI=1S/C16H16N2O3S/c19-15(7-10-3-1-2-4-10)18-16-17-11-8-12-13(9-14(11)22-16)21-6-5-20-12/h1,3,8-10H,2,4-7H2,(H,17,18,19)/t10-/m1/s1. The van der Waals surface area contributed by atoms with Crippen LogP contribution in [-0.4, -0.2) is 24.1 Å². The fraction of sp³-hybridized carbons (Fsp3) is 0.375. The monoisotopic (exact) mass is 316 g/mol. The van der Waals surface area contributed by atoms with Crippen LogP contribution in [0, 0.1) is 5.92 Å². The molecule has 1 aromatic carbocycles. The molecule has 2 aliphatic rings. The van der Waals surface area contributed by atoms with Crippen molar-refractivity contribution in [2.45, 2.75) is 19.3 Å². The van der Waals surface area contributed by atoms with Gasteiger partial charge < -0.3 is 14.8 Å². The molecule has 0 bridgehead atoms. The number of benzene rings is 1. The second-order valence-electron chi connectivity index (χ2n) is 5.50. The minimum atomic E-state index is 0.0212. The molecular formula is C16H16N2O3S. The van der Waals surface area contributed by atoms with Crippen LogP contribution in [0.1, 0.15) is 19.3 Å². The van der Waals surface area contributed by atoms with Gasteiger partial charge in [-0.05, 0) is 18.8 Å². The number of hydrogen-bond donors (Lipinski definition) is 1. The van der Waals surface area contributed by atoms with E-state index >= 15 is 0 Å². The van der Waals surface area contributed by atoms with Crippen LogP contribution in [0.15, 0.2) is 24.3 Å². The summed E-state index contributed by atoms with van der Waals surface area (Å²) in [6.45, 7) is 1.12. The average molecular weight is 316 g/mol. The number of nitrogens with one attached hydrogen (secondary N) is 1. The summed E-state index contributed by atoms with van der Waals surface area (Å²) in [4.78, 5) is 16.5. The minimum absolute atomic E-state index is 0.0212. The van der Waals surface area contributed by atoms with Crippen molar-refractivity contribution in [3.8, 4) is 11.5 Å². The van der Waals surface area contributed by atoms with Gasteiger partial charge in [0, 0.05) is 18.6 Å². The first-order valence-electron chi connectivity index (χ1n) is 7.44. The van der Waals surface area contributed by atoms with Gasteiger partial charge in [0.05, 0.1) is 10.2 Å². The molecule has 0 radical (unpaired) electrons. The summed E-state index contributed by atoms with van der Waals surface area (Å²) in [5, 5.41) is 3.53. The van der Waals surface area contributed by atoms with Gasteiger partial charge in [0.1, 0.15) is 13.2 Å². The Bertz CT molecular complexity index is 710. The Hall–Kier alpha value is -2.08. The third-order valence-corrected chi connectivity index (χ3v) is 4.79. The zero-order valence-corrected chi connectivity index (χ0v) is 12.8. The number of amides is 1. The van der Waals surface area contributed by atoms with Crippen LogP contribution < -0.4 is 14.8 Å². The Morgan fingerprint density at radius 1 is 1.32 bits per heavy atom. The number of fused-ring (bicyclic) bond motifs is 2. The molecule has 1 aliphatic heterocycles. The van der Waals surface area contributed by atoms with Gasteiger partial charge in [0.25, 0.3) is 0 Å². The largest absolute Gasteiger partial charge is 0.486 e. The van der Waals surface area contributed by atoms with Crippen molar-refractivity contribution in [1.29, 1.82) is 0 Å². The Morgan fingerprint density at radius 2 is 2.14 bits per heavy atom. The maximum atomic E-state index is 12.1. The summed E-state index contributed by atoms with van der Waals surface area (Å²) in [5.41, 5.74) is 0.824. The van der Waals surface area contributed by atoms with Crippen molar-refractivity contribution >= 4 is 32.6 Å². The summed E-state index contributed by atoms with van der Waals surface area (Å²) in [6.07, 6.45) is 6.93. The van der Waals surface area contributed by atoms with Gasteiger partial charge in [0.2, 0.25) is 5.91 Å². The Morgan fingerprint density at radius 3 is 2.91 bits per heavy atom. The number of aromatic nitrogens is 1. The lowest BCUT2D eigenvalue weighted by Crippen LogP contribution is -2.15. The molecule has 1 aliphatic carbocycles. The SMILES string of the molecule is O=C(C[C@@H]1C=CCC1)Nc1nc2cc3c(cc2s1)OCCO3. The number of carbonyl (C=O) groups excluding carboxylic acids is 1. The first-order valence-corrected chi connectivity index (χ1v) is 8.26. The van der Waals surface area contributed by atoms with Crippen LogP contribution >= 0.6 is 11.3 Å². The number of carbonyl (C=O) groups is 1. The van der Waals surface area contributed by atoms with Crippen molar-refractivity contribution in [2.75, 3.05) is 18.5 Å². The molecule has 0 saturated heterocycles. The van der Waals surface area contributed by atoms with E-state index in [9.17, 15) is 4.79 Å². The quantitative estimate of drug-likeness (QED) is 0.882. The number of thiazole rings is 1. The number of ether oxygens (including phenoxy) is 2. The number of rotatable bonds is 3. The molecular weight excluding hydrogens is 300 g/mol. The molecule has 1 N–H and O–H groups in total. The normalized spacial score (nSPS) is 19.5. The zero-order valence-electron chi connectivity index (χ0n) is 12.0. The van der Waals surface area contributed by atoms with Crippen LogP contribution in [0.2, 0.25) is 0 Å². The second-order valence-corrected chi connectivity index (χ2v) is 6.53. The third-order valence-electron chi connectivity index (χ3n) is 3.86. The van der Waals surface area contributed by atoms with E-state index in [0.717, 1.165) is 34.6 Å². The van der Waals surface area contributed by atoms with Crippen LogP contribution in [0.5, 0.6) is 11.5 Å². The number of nitrogens with zero attached hydrogens (tertiary/aromatic N) is 1. The van der Waals surface area contributed by atoms with Gasteiger partial charge in [-0.2, -0.15) is 0 Å². The molecule has 0 spiro atoms. The lowest BCUT2D eigenvalue weighted by molar-refractivity contribution is -0.116. The lowest BCUT2D eigenvalue weighted by atomic mass is 10.1. The first kappa shape index (κ1) is 13.6. The van der Waals surface area contributed by atoms with Crippen molar-refractivity contribution < 1.29 is 14.3 Å². The number of anilines is 1. The van der Waals surface area contributed by atoms with E-state index in [0.29, 0.717) is 30.7 Å².